The SMILES string of the molecule is CCC(C)O[PH2]=O.[Zn]. The number of rotatable bonds is 3. The van der Waals surface area contributed by atoms with Crippen LogP contribution in [0.2, 0.25) is 0 Å². The van der Waals surface area contributed by atoms with Crippen molar-refractivity contribution in [2.45, 2.75) is 26.4 Å². The van der Waals surface area contributed by atoms with Gasteiger partial charge in [-0.3, -0.25) is 4.57 Å². The van der Waals surface area contributed by atoms with Crippen molar-refractivity contribution in [2.75, 3.05) is 0 Å². The van der Waals surface area contributed by atoms with Gasteiger partial charge in [-0.15, -0.1) is 0 Å². The minimum absolute atomic E-state index is 0. The van der Waals surface area contributed by atoms with E-state index in [1.54, 1.807) is 0 Å². The molecule has 8 heavy (non-hydrogen) atoms. The van der Waals surface area contributed by atoms with Crippen molar-refractivity contribution in [3.05, 3.63) is 0 Å². The van der Waals surface area contributed by atoms with E-state index in [0.717, 1.165) is 6.42 Å². The van der Waals surface area contributed by atoms with Gasteiger partial charge in [0.2, 0.25) is 0 Å². The van der Waals surface area contributed by atoms with E-state index in [9.17, 15) is 4.57 Å². The first-order valence-corrected chi connectivity index (χ1v) is 3.34. The Kier molecular flexibility index (Phi) is 11.3. The van der Waals surface area contributed by atoms with E-state index in [4.69, 9.17) is 4.52 Å². The Bertz CT molecular complexity index is 60.0. The van der Waals surface area contributed by atoms with Crippen molar-refractivity contribution in [2.24, 2.45) is 0 Å². The van der Waals surface area contributed by atoms with Gasteiger partial charge in [0.15, 0.2) is 8.69 Å². The van der Waals surface area contributed by atoms with Crippen LogP contribution in [0, 0.1) is 0 Å². The molecule has 0 aromatic rings. The van der Waals surface area contributed by atoms with Gasteiger partial charge in [0, 0.05) is 19.5 Å². The summed E-state index contributed by atoms with van der Waals surface area (Å²) in [7, 11) is -1.000. The van der Waals surface area contributed by atoms with E-state index in [-0.39, 0.29) is 25.6 Å². The van der Waals surface area contributed by atoms with Crippen molar-refractivity contribution in [1.82, 2.24) is 0 Å². The molecule has 0 bridgehead atoms. The van der Waals surface area contributed by atoms with Gasteiger partial charge in [-0.05, 0) is 13.3 Å². The molecule has 0 spiro atoms. The van der Waals surface area contributed by atoms with E-state index >= 15 is 0 Å². The zero-order chi connectivity index (χ0) is 5.70. The maximum atomic E-state index is 9.76. The Labute approximate surface area is 64.0 Å². The standard InChI is InChI=1S/C4H11O2P.Zn/c1-3-4(2)6-7-5;/h4H,3,7H2,1-2H3;. The molecule has 0 fully saturated rings. The van der Waals surface area contributed by atoms with Crippen molar-refractivity contribution in [1.29, 1.82) is 0 Å². The predicted molar refractivity (Wildman–Crippen MR) is 31.2 cm³/mol. The monoisotopic (exact) mass is 186 g/mol. The zero-order valence-corrected chi connectivity index (χ0v) is 9.51. The van der Waals surface area contributed by atoms with Gasteiger partial charge < -0.3 is 4.52 Å². The molecule has 4 heteroatoms. The van der Waals surface area contributed by atoms with Crippen LogP contribution in [0.15, 0.2) is 0 Å². The molecule has 2 unspecified atom stereocenters. The maximum absolute atomic E-state index is 9.76. The van der Waals surface area contributed by atoms with E-state index in [1.807, 2.05) is 13.8 Å². The summed E-state index contributed by atoms with van der Waals surface area (Å²) in [5, 5.41) is 0. The minimum Gasteiger partial charge on any atom is -0.329 e. The first-order chi connectivity index (χ1) is 3.31. The second kappa shape index (κ2) is 7.81. The topological polar surface area (TPSA) is 26.3 Å². The molecule has 2 atom stereocenters. The molecule has 0 radical (unpaired) electrons. The summed E-state index contributed by atoms with van der Waals surface area (Å²) in [5.74, 6) is 0. The van der Waals surface area contributed by atoms with Crippen molar-refractivity contribution < 1.29 is 28.6 Å². The van der Waals surface area contributed by atoms with E-state index in [0.29, 0.717) is 0 Å². The molecule has 46 valence electrons. The summed E-state index contributed by atoms with van der Waals surface area (Å²) < 4.78 is 14.5. The van der Waals surface area contributed by atoms with Gasteiger partial charge in [-0.2, -0.15) is 0 Å². The van der Waals surface area contributed by atoms with Crippen LogP contribution >= 0.6 is 8.69 Å². The summed E-state index contributed by atoms with van der Waals surface area (Å²) in [6.45, 7) is 3.91. The minimum atomic E-state index is -1.000. The molecule has 0 aliphatic carbocycles. The third kappa shape index (κ3) is 6.81. The normalized spacial score (nSPS) is 13.8. The number of hydrogen-bond donors (Lipinski definition) is 0. The summed E-state index contributed by atoms with van der Waals surface area (Å²) in [5.41, 5.74) is 0. The fourth-order valence-corrected chi connectivity index (χ4v) is 0.573. The van der Waals surface area contributed by atoms with Crippen LogP contribution in [0.1, 0.15) is 20.3 Å². The molecule has 0 aliphatic rings. The summed E-state index contributed by atoms with van der Waals surface area (Å²) >= 11 is 0. The van der Waals surface area contributed by atoms with Gasteiger partial charge in [0.05, 0.1) is 6.10 Å². The Balaban J connectivity index is 0. The molecule has 0 N–H and O–H groups in total. The Morgan fingerprint density at radius 3 is 2.38 bits per heavy atom. The fraction of sp³-hybridized carbons (Fsp3) is 1.00. The Morgan fingerprint density at radius 2 is 2.25 bits per heavy atom. The van der Waals surface area contributed by atoms with Crippen LogP contribution in [0.25, 0.3) is 0 Å². The van der Waals surface area contributed by atoms with Crippen molar-refractivity contribution >= 4 is 8.69 Å². The van der Waals surface area contributed by atoms with Gasteiger partial charge in [-0.25, -0.2) is 0 Å². The smallest absolute Gasteiger partial charge is 0.180 e. The molecule has 0 saturated heterocycles. The van der Waals surface area contributed by atoms with E-state index < -0.39 is 8.69 Å². The Morgan fingerprint density at radius 1 is 1.75 bits per heavy atom. The first kappa shape index (κ1) is 11.6. The quantitative estimate of drug-likeness (QED) is 0.494. The van der Waals surface area contributed by atoms with Crippen LogP contribution < -0.4 is 0 Å². The van der Waals surface area contributed by atoms with E-state index in [1.165, 1.54) is 0 Å². The molecule has 0 aromatic heterocycles. The summed E-state index contributed by atoms with van der Waals surface area (Å²) in [4.78, 5) is 0. The fourth-order valence-electron chi connectivity index (χ4n) is 0.191. The van der Waals surface area contributed by atoms with Crippen LogP contribution in [0.5, 0.6) is 0 Å². The van der Waals surface area contributed by atoms with Gasteiger partial charge in [-0.1, -0.05) is 6.92 Å². The summed E-state index contributed by atoms with van der Waals surface area (Å²) in [6, 6.07) is 0. The summed E-state index contributed by atoms with van der Waals surface area (Å²) in [6.07, 6.45) is 1.11. The third-order valence-corrected chi connectivity index (χ3v) is 1.44. The van der Waals surface area contributed by atoms with E-state index in [2.05, 4.69) is 0 Å². The molecule has 0 amide bonds. The predicted octanol–water partition coefficient (Wildman–Crippen LogP) is 1.47. The molecule has 0 aromatic carbocycles. The molecule has 0 saturated carbocycles. The van der Waals surface area contributed by atoms with Crippen LogP contribution in [-0.4, -0.2) is 6.10 Å². The number of hydrogen-bond acceptors (Lipinski definition) is 2. The Hall–Kier alpha value is 0.813. The van der Waals surface area contributed by atoms with Gasteiger partial charge >= 0.3 is 0 Å². The first-order valence-electron chi connectivity index (χ1n) is 2.40. The third-order valence-electron chi connectivity index (χ3n) is 0.863. The van der Waals surface area contributed by atoms with Crippen molar-refractivity contribution in [3.8, 4) is 0 Å². The van der Waals surface area contributed by atoms with Gasteiger partial charge in [0.25, 0.3) is 0 Å². The molecular weight excluding hydrogens is 176 g/mol. The van der Waals surface area contributed by atoms with Crippen molar-refractivity contribution in [3.63, 3.8) is 0 Å². The molecule has 2 nitrogen and oxygen atoms in total. The molecule has 0 heterocycles. The molecule has 0 aliphatic heterocycles. The molecule has 0 rings (SSSR count). The zero-order valence-electron chi connectivity index (χ0n) is 5.39. The second-order valence-corrected chi connectivity index (χ2v) is 1.92. The van der Waals surface area contributed by atoms with Gasteiger partial charge in [0.1, 0.15) is 0 Å². The molecular formula is C4H11O2PZn. The second-order valence-electron chi connectivity index (χ2n) is 1.45. The largest absolute Gasteiger partial charge is 0.329 e. The van der Waals surface area contributed by atoms with Crippen LogP contribution in [0.3, 0.4) is 0 Å². The van der Waals surface area contributed by atoms with Crippen LogP contribution in [-0.2, 0) is 28.6 Å². The van der Waals surface area contributed by atoms with Crippen LogP contribution in [0.4, 0.5) is 0 Å². The maximum Gasteiger partial charge on any atom is 0.180 e. The average Bonchev–Trinajstić information content (AvgIpc) is 1.68. The average molecular weight is 187 g/mol.